The molecular weight excluding hydrogens is 248 g/mol. The van der Waals surface area contributed by atoms with Gasteiger partial charge in [0, 0.05) is 4.88 Å². The molecule has 4 heteroatoms. The van der Waals surface area contributed by atoms with Crippen LogP contribution in [-0.2, 0) is 0 Å². The molecule has 0 N–H and O–H groups in total. The first-order chi connectivity index (χ1) is 8.47. The van der Waals surface area contributed by atoms with E-state index in [-0.39, 0.29) is 18.0 Å². The molecule has 2 heterocycles. The maximum atomic E-state index is 12.0. The van der Waals surface area contributed by atoms with Crippen molar-refractivity contribution in [3.63, 3.8) is 0 Å². The van der Waals surface area contributed by atoms with Gasteiger partial charge >= 0.3 is 0 Å². The Morgan fingerprint density at radius 2 is 1.89 bits per heavy atom. The van der Waals surface area contributed by atoms with Gasteiger partial charge in [0.05, 0.1) is 16.9 Å². The summed E-state index contributed by atoms with van der Waals surface area (Å²) in [4.78, 5) is 25.6. The minimum atomic E-state index is -0.180. The summed E-state index contributed by atoms with van der Waals surface area (Å²) in [6.07, 6.45) is -0.0975. The van der Waals surface area contributed by atoms with E-state index in [9.17, 15) is 9.59 Å². The third-order valence-electron chi connectivity index (χ3n) is 2.68. The SMILES string of the molecule is Cc1cc(C(=O)CC(=O)c2ccc(C)s2)c(C)o1. The van der Waals surface area contributed by atoms with Crippen LogP contribution >= 0.6 is 11.3 Å². The summed E-state index contributed by atoms with van der Waals surface area (Å²) < 4.78 is 5.30. The Kier molecular flexibility index (Phi) is 3.48. The van der Waals surface area contributed by atoms with Crippen molar-refractivity contribution in [2.75, 3.05) is 0 Å². The lowest BCUT2D eigenvalue weighted by atomic mass is 10.1. The van der Waals surface area contributed by atoms with Gasteiger partial charge < -0.3 is 4.42 Å². The van der Waals surface area contributed by atoms with Gasteiger partial charge in [-0.25, -0.2) is 0 Å². The highest BCUT2D eigenvalue weighted by Gasteiger charge is 2.18. The van der Waals surface area contributed by atoms with E-state index < -0.39 is 0 Å². The van der Waals surface area contributed by atoms with E-state index in [0.29, 0.717) is 22.0 Å². The second-order valence-electron chi connectivity index (χ2n) is 4.26. The zero-order chi connectivity index (χ0) is 13.3. The monoisotopic (exact) mass is 262 g/mol. The molecule has 0 unspecified atom stereocenters. The summed E-state index contributed by atoms with van der Waals surface area (Å²) >= 11 is 1.42. The molecule has 0 amide bonds. The number of thiophene rings is 1. The van der Waals surface area contributed by atoms with Gasteiger partial charge in [0.1, 0.15) is 11.5 Å². The van der Waals surface area contributed by atoms with E-state index in [4.69, 9.17) is 4.42 Å². The van der Waals surface area contributed by atoms with Crippen LogP contribution in [0.3, 0.4) is 0 Å². The molecule has 0 aromatic carbocycles. The van der Waals surface area contributed by atoms with Crippen molar-refractivity contribution >= 4 is 22.9 Å². The number of ketones is 2. The van der Waals surface area contributed by atoms with Crippen LogP contribution in [0.15, 0.2) is 22.6 Å². The molecule has 0 aliphatic heterocycles. The third-order valence-corrected chi connectivity index (χ3v) is 3.72. The van der Waals surface area contributed by atoms with Gasteiger partial charge in [-0.15, -0.1) is 11.3 Å². The average molecular weight is 262 g/mol. The van der Waals surface area contributed by atoms with Crippen molar-refractivity contribution in [1.82, 2.24) is 0 Å². The van der Waals surface area contributed by atoms with E-state index in [1.165, 1.54) is 11.3 Å². The van der Waals surface area contributed by atoms with Crippen LogP contribution in [0.2, 0.25) is 0 Å². The highest BCUT2D eigenvalue weighted by Crippen LogP contribution is 2.20. The number of carbonyl (C=O) groups excluding carboxylic acids is 2. The minimum absolute atomic E-state index is 0.0975. The van der Waals surface area contributed by atoms with Crippen LogP contribution in [0.25, 0.3) is 0 Å². The van der Waals surface area contributed by atoms with Crippen LogP contribution in [0.4, 0.5) is 0 Å². The number of Topliss-reactive ketones (excluding diaryl/α,β-unsaturated/α-hetero) is 2. The highest BCUT2D eigenvalue weighted by atomic mass is 32.1. The maximum absolute atomic E-state index is 12.0. The van der Waals surface area contributed by atoms with E-state index >= 15 is 0 Å². The van der Waals surface area contributed by atoms with Crippen molar-refractivity contribution in [3.8, 4) is 0 Å². The maximum Gasteiger partial charge on any atom is 0.180 e. The Hall–Kier alpha value is -1.68. The Bertz CT molecular complexity index is 604. The summed E-state index contributed by atoms with van der Waals surface area (Å²) in [6, 6.07) is 5.34. The van der Waals surface area contributed by atoms with Crippen molar-refractivity contribution < 1.29 is 14.0 Å². The summed E-state index contributed by atoms with van der Waals surface area (Å²) in [6.45, 7) is 5.46. The summed E-state index contributed by atoms with van der Waals surface area (Å²) in [7, 11) is 0. The lowest BCUT2D eigenvalue weighted by Crippen LogP contribution is -2.07. The molecule has 0 saturated heterocycles. The molecule has 3 nitrogen and oxygen atoms in total. The first-order valence-corrected chi connectivity index (χ1v) is 6.49. The average Bonchev–Trinajstić information content (AvgIpc) is 2.84. The highest BCUT2D eigenvalue weighted by molar-refractivity contribution is 7.14. The van der Waals surface area contributed by atoms with Gasteiger partial charge in [0.2, 0.25) is 0 Å². The Morgan fingerprint density at radius 3 is 2.39 bits per heavy atom. The minimum Gasteiger partial charge on any atom is -0.466 e. The summed E-state index contributed by atoms with van der Waals surface area (Å²) in [5, 5.41) is 0. The first kappa shape index (κ1) is 12.8. The fourth-order valence-corrected chi connectivity index (χ4v) is 2.63. The largest absolute Gasteiger partial charge is 0.466 e. The molecule has 2 rings (SSSR count). The van der Waals surface area contributed by atoms with Crippen LogP contribution in [-0.4, -0.2) is 11.6 Å². The molecule has 18 heavy (non-hydrogen) atoms. The molecule has 0 fully saturated rings. The second-order valence-corrected chi connectivity index (χ2v) is 5.55. The van der Waals surface area contributed by atoms with Gasteiger partial charge in [-0.2, -0.15) is 0 Å². The van der Waals surface area contributed by atoms with E-state index in [1.54, 1.807) is 26.0 Å². The lowest BCUT2D eigenvalue weighted by molar-refractivity contribution is 0.0896. The number of aryl methyl sites for hydroxylation is 3. The fourth-order valence-electron chi connectivity index (χ4n) is 1.82. The van der Waals surface area contributed by atoms with Crippen LogP contribution in [0.5, 0.6) is 0 Å². The van der Waals surface area contributed by atoms with Crippen LogP contribution in [0.1, 0.15) is 42.8 Å². The summed E-state index contributed by atoms with van der Waals surface area (Å²) in [5.74, 6) is 0.958. The zero-order valence-corrected chi connectivity index (χ0v) is 11.4. The van der Waals surface area contributed by atoms with Crippen molar-refractivity contribution in [1.29, 1.82) is 0 Å². The van der Waals surface area contributed by atoms with Crippen molar-refractivity contribution in [2.24, 2.45) is 0 Å². The number of hydrogen-bond acceptors (Lipinski definition) is 4. The summed E-state index contributed by atoms with van der Waals surface area (Å²) in [5.41, 5.74) is 0.508. The Labute approximate surface area is 109 Å². The molecule has 0 saturated carbocycles. The first-order valence-electron chi connectivity index (χ1n) is 5.67. The predicted molar refractivity (Wildman–Crippen MR) is 70.5 cm³/mol. The normalized spacial score (nSPS) is 10.6. The topological polar surface area (TPSA) is 47.3 Å². The van der Waals surface area contributed by atoms with Crippen molar-refractivity contribution in [3.05, 3.63) is 45.0 Å². The molecule has 94 valence electrons. The molecule has 0 spiro atoms. The van der Waals surface area contributed by atoms with Crippen LogP contribution in [0, 0.1) is 20.8 Å². The molecule has 0 bridgehead atoms. The molecule has 0 radical (unpaired) electrons. The van der Waals surface area contributed by atoms with Gasteiger partial charge in [-0.1, -0.05) is 0 Å². The second kappa shape index (κ2) is 4.90. The standard InChI is InChI=1S/C14H14O3S/c1-8-6-11(10(3)17-8)12(15)7-13(16)14-5-4-9(2)18-14/h4-6H,7H2,1-3H3. The molecule has 0 atom stereocenters. The number of hydrogen-bond donors (Lipinski definition) is 0. The van der Waals surface area contributed by atoms with E-state index in [0.717, 1.165) is 4.88 Å². The number of furan rings is 1. The number of rotatable bonds is 4. The third kappa shape index (κ3) is 2.59. The molecule has 2 aromatic heterocycles. The Morgan fingerprint density at radius 1 is 1.17 bits per heavy atom. The molecule has 2 aromatic rings. The van der Waals surface area contributed by atoms with E-state index in [2.05, 4.69) is 0 Å². The van der Waals surface area contributed by atoms with Gasteiger partial charge in [-0.05, 0) is 39.0 Å². The van der Waals surface area contributed by atoms with Gasteiger partial charge in [0.25, 0.3) is 0 Å². The predicted octanol–water partition coefficient (Wildman–Crippen LogP) is 3.72. The lowest BCUT2D eigenvalue weighted by Gasteiger charge is -1.97. The van der Waals surface area contributed by atoms with Gasteiger partial charge in [0.15, 0.2) is 11.6 Å². The molecular formula is C14H14O3S. The fraction of sp³-hybridized carbons (Fsp3) is 0.286. The van der Waals surface area contributed by atoms with Crippen LogP contribution < -0.4 is 0 Å². The van der Waals surface area contributed by atoms with Crippen molar-refractivity contribution in [2.45, 2.75) is 27.2 Å². The van der Waals surface area contributed by atoms with Gasteiger partial charge in [-0.3, -0.25) is 9.59 Å². The molecule has 0 aliphatic rings. The van der Waals surface area contributed by atoms with E-state index in [1.807, 2.05) is 13.0 Å². The quantitative estimate of drug-likeness (QED) is 0.623. The Balaban J connectivity index is 2.13. The zero-order valence-electron chi connectivity index (χ0n) is 10.6. The number of carbonyl (C=O) groups is 2. The smallest absolute Gasteiger partial charge is 0.180 e. The molecule has 0 aliphatic carbocycles.